The molecule has 0 aliphatic rings. The summed E-state index contributed by atoms with van der Waals surface area (Å²) in [6, 6.07) is 5.71. The van der Waals surface area contributed by atoms with Crippen LogP contribution in [0.4, 0.5) is 0 Å². The summed E-state index contributed by atoms with van der Waals surface area (Å²) in [5, 5.41) is 2.95. The van der Waals surface area contributed by atoms with Crippen molar-refractivity contribution >= 4 is 5.78 Å². The lowest BCUT2D eigenvalue weighted by Gasteiger charge is -2.10. The minimum atomic E-state index is -0.114. The maximum atomic E-state index is 11.8. The topological polar surface area (TPSA) is 29.1 Å². The van der Waals surface area contributed by atoms with Crippen molar-refractivity contribution in [1.82, 2.24) is 5.32 Å². The van der Waals surface area contributed by atoms with Crippen molar-refractivity contribution in [3.63, 3.8) is 0 Å². The Labute approximate surface area is 85.3 Å². The zero-order valence-corrected chi connectivity index (χ0v) is 9.22. The fraction of sp³-hybridized carbons (Fsp3) is 0.417. The van der Waals surface area contributed by atoms with Crippen LogP contribution in [0.15, 0.2) is 18.2 Å². The first-order valence-corrected chi connectivity index (χ1v) is 4.85. The minimum Gasteiger partial charge on any atom is -0.310 e. The van der Waals surface area contributed by atoms with E-state index in [9.17, 15) is 4.79 Å². The van der Waals surface area contributed by atoms with Gasteiger partial charge in [-0.25, -0.2) is 0 Å². The summed E-state index contributed by atoms with van der Waals surface area (Å²) >= 11 is 0. The number of rotatable bonds is 3. The molecule has 0 radical (unpaired) electrons. The molecule has 1 aromatic carbocycles. The van der Waals surface area contributed by atoms with Crippen LogP contribution in [0.1, 0.15) is 28.4 Å². The van der Waals surface area contributed by atoms with Gasteiger partial charge in [0.25, 0.3) is 0 Å². The molecule has 1 aromatic rings. The van der Waals surface area contributed by atoms with Gasteiger partial charge < -0.3 is 5.32 Å². The van der Waals surface area contributed by atoms with E-state index >= 15 is 0 Å². The lowest BCUT2D eigenvalue weighted by atomic mass is 10.0. The van der Waals surface area contributed by atoms with Crippen molar-refractivity contribution in [3.05, 3.63) is 34.9 Å². The van der Waals surface area contributed by atoms with Crippen molar-refractivity contribution in [3.8, 4) is 0 Å². The smallest absolute Gasteiger partial charge is 0.179 e. The van der Waals surface area contributed by atoms with Gasteiger partial charge in [0.15, 0.2) is 5.78 Å². The highest BCUT2D eigenvalue weighted by molar-refractivity contribution is 6.00. The number of aryl methyl sites for hydroxylation is 2. The van der Waals surface area contributed by atoms with E-state index in [1.807, 2.05) is 39.0 Å². The molecule has 1 atom stereocenters. The van der Waals surface area contributed by atoms with Crippen molar-refractivity contribution in [2.75, 3.05) is 7.05 Å². The molecule has 0 unspecified atom stereocenters. The van der Waals surface area contributed by atoms with Crippen LogP contribution >= 0.6 is 0 Å². The van der Waals surface area contributed by atoms with Crippen LogP contribution in [0.2, 0.25) is 0 Å². The number of benzene rings is 1. The molecule has 2 nitrogen and oxygen atoms in total. The van der Waals surface area contributed by atoms with E-state index in [-0.39, 0.29) is 11.8 Å². The Kier molecular flexibility index (Phi) is 3.42. The Bertz CT molecular complexity index is 344. The average molecular weight is 191 g/mol. The molecule has 0 aliphatic carbocycles. The summed E-state index contributed by atoms with van der Waals surface area (Å²) in [7, 11) is 1.80. The highest BCUT2D eigenvalue weighted by Gasteiger charge is 2.12. The van der Waals surface area contributed by atoms with Crippen LogP contribution < -0.4 is 5.32 Å². The summed E-state index contributed by atoms with van der Waals surface area (Å²) in [6.45, 7) is 5.94. The number of nitrogens with one attached hydrogen (secondary N) is 1. The molecule has 0 bridgehead atoms. The van der Waals surface area contributed by atoms with Gasteiger partial charge in [-0.05, 0) is 45.0 Å². The molecule has 1 rings (SSSR count). The first kappa shape index (κ1) is 10.9. The van der Waals surface area contributed by atoms with Crippen molar-refractivity contribution in [1.29, 1.82) is 0 Å². The summed E-state index contributed by atoms with van der Waals surface area (Å²) in [5.74, 6) is 0.149. The lowest BCUT2D eigenvalue weighted by Crippen LogP contribution is -2.30. The van der Waals surface area contributed by atoms with E-state index < -0.39 is 0 Å². The highest BCUT2D eigenvalue weighted by Crippen LogP contribution is 2.11. The quantitative estimate of drug-likeness (QED) is 0.741. The van der Waals surface area contributed by atoms with Gasteiger partial charge in [0, 0.05) is 5.56 Å². The first-order valence-electron chi connectivity index (χ1n) is 4.85. The third kappa shape index (κ3) is 2.20. The largest absolute Gasteiger partial charge is 0.310 e. The van der Waals surface area contributed by atoms with Crippen molar-refractivity contribution in [2.24, 2.45) is 0 Å². The molecule has 2 heteroatoms. The van der Waals surface area contributed by atoms with Crippen LogP contribution in [0.3, 0.4) is 0 Å². The molecule has 0 aromatic heterocycles. The molecule has 0 spiro atoms. The predicted octanol–water partition coefficient (Wildman–Crippen LogP) is 2.09. The highest BCUT2D eigenvalue weighted by atomic mass is 16.1. The van der Waals surface area contributed by atoms with Gasteiger partial charge in [-0.1, -0.05) is 12.1 Å². The van der Waals surface area contributed by atoms with Gasteiger partial charge in [0.05, 0.1) is 6.04 Å². The van der Waals surface area contributed by atoms with Gasteiger partial charge in [0.2, 0.25) is 0 Å². The zero-order valence-electron chi connectivity index (χ0n) is 9.22. The van der Waals surface area contributed by atoms with E-state index in [4.69, 9.17) is 0 Å². The molecular weight excluding hydrogens is 174 g/mol. The van der Waals surface area contributed by atoms with Crippen LogP contribution in [0, 0.1) is 13.8 Å². The second-order valence-electron chi connectivity index (χ2n) is 3.67. The fourth-order valence-corrected chi connectivity index (χ4v) is 1.28. The number of ketones is 1. The maximum Gasteiger partial charge on any atom is 0.179 e. The summed E-state index contributed by atoms with van der Waals surface area (Å²) < 4.78 is 0. The van der Waals surface area contributed by atoms with E-state index in [0.717, 1.165) is 5.56 Å². The molecule has 0 saturated carbocycles. The van der Waals surface area contributed by atoms with Crippen molar-refractivity contribution < 1.29 is 4.79 Å². The predicted molar refractivity (Wildman–Crippen MR) is 58.8 cm³/mol. The Morgan fingerprint density at radius 3 is 2.43 bits per heavy atom. The number of likely N-dealkylation sites (N-methyl/N-ethyl adjacent to an activating group) is 1. The third-order valence-corrected chi connectivity index (χ3v) is 2.62. The van der Waals surface area contributed by atoms with Crippen LogP contribution in [0.5, 0.6) is 0 Å². The Morgan fingerprint density at radius 1 is 1.29 bits per heavy atom. The van der Waals surface area contributed by atoms with E-state index in [0.29, 0.717) is 0 Å². The molecule has 14 heavy (non-hydrogen) atoms. The standard InChI is InChI=1S/C12H17NO/c1-8-5-6-11(7-9(8)2)12(14)10(3)13-4/h5-7,10,13H,1-4H3/t10-/m1/s1. The first-order chi connectivity index (χ1) is 6.56. The second kappa shape index (κ2) is 4.38. The number of carbonyl (C=O) groups is 1. The Hall–Kier alpha value is -1.15. The van der Waals surface area contributed by atoms with Crippen molar-refractivity contribution in [2.45, 2.75) is 26.8 Å². The van der Waals surface area contributed by atoms with E-state index in [1.54, 1.807) is 7.05 Å². The second-order valence-corrected chi connectivity index (χ2v) is 3.67. The SMILES string of the molecule is CN[C@H](C)C(=O)c1ccc(C)c(C)c1. The van der Waals surface area contributed by atoms with Crippen LogP contribution in [0.25, 0.3) is 0 Å². The molecule has 0 amide bonds. The lowest BCUT2D eigenvalue weighted by molar-refractivity contribution is 0.0955. The van der Waals surface area contributed by atoms with Gasteiger partial charge >= 0.3 is 0 Å². The Morgan fingerprint density at radius 2 is 1.93 bits per heavy atom. The van der Waals surface area contributed by atoms with E-state index in [1.165, 1.54) is 11.1 Å². The molecular formula is C12H17NO. The molecule has 0 saturated heterocycles. The number of hydrogen-bond donors (Lipinski definition) is 1. The number of hydrogen-bond acceptors (Lipinski definition) is 2. The summed E-state index contributed by atoms with van der Waals surface area (Å²) in [5.41, 5.74) is 3.17. The molecule has 1 N–H and O–H groups in total. The summed E-state index contributed by atoms with van der Waals surface area (Å²) in [4.78, 5) is 11.8. The number of carbonyl (C=O) groups excluding carboxylic acids is 1. The van der Waals surface area contributed by atoms with Crippen LogP contribution in [-0.2, 0) is 0 Å². The third-order valence-electron chi connectivity index (χ3n) is 2.62. The minimum absolute atomic E-state index is 0.114. The normalized spacial score (nSPS) is 12.6. The molecule has 0 aliphatic heterocycles. The van der Waals surface area contributed by atoms with Gasteiger partial charge in [-0.2, -0.15) is 0 Å². The molecule has 0 fully saturated rings. The Balaban J connectivity index is 2.97. The van der Waals surface area contributed by atoms with Gasteiger partial charge in [0.1, 0.15) is 0 Å². The van der Waals surface area contributed by atoms with Gasteiger partial charge in [-0.3, -0.25) is 4.79 Å². The monoisotopic (exact) mass is 191 g/mol. The number of Topliss-reactive ketones (excluding diaryl/α,β-unsaturated/α-hetero) is 1. The maximum absolute atomic E-state index is 11.8. The molecule has 76 valence electrons. The zero-order chi connectivity index (χ0) is 10.7. The average Bonchev–Trinajstić information content (AvgIpc) is 2.20. The van der Waals surface area contributed by atoms with E-state index in [2.05, 4.69) is 5.32 Å². The summed E-state index contributed by atoms with van der Waals surface area (Å²) in [6.07, 6.45) is 0. The van der Waals surface area contributed by atoms with Crippen LogP contribution in [-0.4, -0.2) is 18.9 Å². The molecule has 0 heterocycles. The fourth-order valence-electron chi connectivity index (χ4n) is 1.28. The van der Waals surface area contributed by atoms with Gasteiger partial charge in [-0.15, -0.1) is 0 Å².